The van der Waals surface area contributed by atoms with Gasteiger partial charge in [-0.1, -0.05) is 52.2 Å². The van der Waals surface area contributed by atoms with Crippen molar-refractivity contribution in [1.29, 1.82) is 0 Å². The van der Waals surface area contributed by atoms with Crippen LogP contribution in [0.25, 0.3) is 0 Å². The largest absolute Gasteiger partial charge is 0.465 e. The summed E-state index contributed by atoms with van der Waals surface area (Å²) in [5, 5.41) is 10.6. The monoisotopic (exact) mass is 580 g/mol. The third kappa shape index (κ3) is 5.47. The number of rotatable bonds is 8. The molecule has 0 bridgehead atoms. The van der Waals surface area contributed by atoms with Crippen LogP contribution in [0.4, 0.5) is 19.3 Å². The molecule has 1 saturated carbocycles. The summed E-state index contributed by atoms with van der Waals surface area (Å²) in [4.78, 5) is 23.0. The van der Waals surface area contributed by atoms with Crippen LogP contribution in [-0.4, -0.2) is 53.8 Å². The molecule has 214 valence electrons. The molecule has 12 heteroatoms. The van der Waals surface area contributed by atoms with E-state index in [0.717, 1.165) is 10.9 Å². The number of carbonyl (C=O) groups is 1. The maximum atomic E-state index is 15.4. The fourth-order valence-corrected chi connectivity index (χ4v) is 7.66. The minimum Gasteiger partial charge on any atom is -0.465 e. The highest BCUT2D eigenvalue weighted by Crippen LogP contribution is 2.72. The lowest BCUT2D eigenvalue weighted by molar-refractivity contribution is -0.0761. The number of hydrogen-bond acceptors (Lipinski definition) is 7. The number of anilines is 1. The molecule has 1 amide bonds. The van der Waals surface area contributed by atoms with Gasteiger partial charge in [-0.15, -0.1) is 0 Å². The first-order valence-corrected chi connectivity index (χ1v) is 17.5. The number of alkyl halides is 1. The number of thioether (sulfide) groups is 1. The van der Waals surface area contributed by atoms with E-state index < -0.39 is 54.5 Å². The average molecular weight is 581 g/mol. The van der Waals surface area contributed by atoms with Gasteiger partial charge in [0, 0.05) is 37.3 Å². The molecule has 1 aliphatic carbocycles. The number of aryl methyl sites for hydroxylation is 1. The fourth-order valence-electron chi connectivity index (χ4n) is 5.24. The van der Waals surface area contributed by atoms with E-state index in [-0.39, 0.29) is 16.4 Å². The molecule has 1 aliphatic heterocycles. The second-order valence-electron chi connectivity index (χ2n) is 12.8. The van der Waals surface area contributed by atoms with Crippen molar-refractivity contribution in [3.8, 4) is 0 Å². The molecule has 0 radical (unpaired) electrons. The van der Waals surface area contributed by atoms with Gasteiger partial charge in [0.15, 0.2) is 11.6 Å². The second-order valence-corrected chi connectivity index (χ2v) is 19.7. The molecule has 4 atom stereocenters. The number of nitrogens with two attached hydrogens (primary N) is 1. The third-order valence-corrected chi connectivity index (χ3v) is 10.5. The van der Waals surface area contributed by atoms with E-state index >= 15 is 8.78 Å². The average Bonchev–Trinajstić information content (AvgIpc) is 3.41. The SMILES string of the molecule is Cc1ncoc1[C@]12C[C@H]1[C@@](CF)(c1cc(N)ccc1F)N=C(N(C(=O)O)C(OCC[Si](C)(C)C)C(C)(C)C)S2. The van der Waals surface area contributed by atoms with Gasteiger partial charge in [0.2, 0.25) is 0 Å². The number of halogens is 2. The first kappa shape index (κ1) is 29.5. The lowest BCUT2D eigenvalue weighted by Gasteiger charge is -2.42. The van der Waals surface area contributed by atoms with Crippen LogP contribution in [0.1, 0.15) is 44.2 Å². The second kappa shape index (κ2) is 10.2. The van der Waals surface area contributed by atoms with Crippen LogP contribution in [0.15, 0.2) is 34.0 Å². The quantitative estimate of drug-likeness (QED) is 0.206. The highest BCUT2D eigenvalue weighted by Gasteiger charge is 2.72. The Kier molecular flexibility index (Phi) is 7.72. The summed E-state index contributed by atoms with van der Waals surface area (Å²) < 4.78 is 41.9. The molecule has 0 spiro atoms. The number of aromatic nitrogens is 1. The Morgan fingerprint density at radius 1 is 1.38 bits per heavy atom. The maximum Gasteiger partial charge on any atom is 0.415 e. The number of hydrogen-bond donors (Lipinski definition) is 2. The molecule has 1 fully saturated rings. The lowest BCUT2D eigenvalue weighted by Crippen LogP contribution is -2.53. The number of benzene rings is 1. The van der Waals surface area contributed by atoms with Gasteiger partial charge in [-0.3, -0.25) is 0 Å². The van der Waals surface area contributed by atoms with Crippen LogP contribution < -0.4 is 5.73 Å². The first-order chi connectivity index (χ1) is 18.1. The van der Waals surface area contributed by atoms with E-state index in [1.165, 1.54) is 36.4 Å². The summed E-state index contributed by atoms with van der Waals surface area (Å²) in [7, 11) is -1.48. The highest BCUT2D eigenvalue weighted by atomic mass is 32.2. The molecule has 2 aromatic rings. The zero-order valence-corrected chi connectivity index (χ0v) is 25.4. The third-order valence-electron chi connectivity index (χ3n) is 7.36. The van der Waals surface area contributed by atoms with Gasteiger partial charge in [0.1, 0.15) is 30.0 Å². The normalized spacial score (nSPS) is 25.6. The summed E-state index contributed by atoms with van der Waals surface area (Å²) >= 11 is 1.19. The Hall–Kier alpha value is -2.44. The zero-order valence-electron chi connectivity index (χ0n) is 23.5. The van der Waals surface area contributed by atoms with Crippen LogP contribution in [0, 0.1) is 24.1 Å². The van der Waals surface area contributed by atoms with E-state index in [9.17, 15) is 9.90 Å². The van der Waals surface area contributed by atoms with Crippen LogP contribution >= 0.6 is 11.8 Å². The number of nitrogen functional groups attached to an aromatic ring is 1. The molecule has 2 heterocycles. The first-order valence-electron chi connectivity index (χ1n) is 13.0. The molecule has 0 saturated heterocycles. The Morgan fingerprint density at radius 2 is 2.08 bits per heavy atom. The van der Waals surface area contributed by atoms with Gasteiger partial charge in [-0.25, -0.2) is 28.5 Å². The molecule has 1 aromatic carbocycles. The molecule has 3 N–H and O–H groups in total. The highest BCUT2D eigenvalue weighted by molar-refractivity contribution is 8.14. The Balaban J connectivity index is 1.89. The Bertz CT molecular complexity index is 1280. The Labute approximate surface area is 233 Å². The molecular weight excluding hydrogens is 542 g/mol. The predicted molar refractivity (Wildman–Crippen MR) is 152 cm³/mol. The van der Waals surface area contributed by atoms with E-state index in [2.05, 4.69) is 24.6 Å². The summed E-state index contributed by atoms with van der Waals surface area (Å²) in [6.45, 7) is 13.4. The standard InChI is InChI=1S/C27H38F2N4O4SSi/c1-16-21(37-15-31-16)27-13-20(27)26(14-28,18-12-17(30)8-9-19(18)29)32-23(38-27)33(24(34)35)22(25(2,3)4)36-10-11-39(5,6)7/h8-9,12,15,20,22H,10-11,13-14,30H2,1-7H3,(H,34,35)/t20-,22?,26+,27-/m0/s1. The minimum atomic E-state index is -1.71. The molecule has 8 nitrogen and oxygen atoms in total. The van der Waals surface area contributed by atoms with Crippen LogP contribution in [0.2, 0.25) is 25.7 Å². The van der Waals surface area contributed by atoms with Crippen molar-refractivity contribution in [2.24, 2.45) is 16.3 Å². The van der Waals surface area contributed by atoms with Gasteiger partial charge in [-0.05, 0) is 37.6 Å². The van der Waals surface area contributed by atoms with Crippen molar-refractivity contribution in [1.82, 2.24) is 9.88 Å². The van der Waals surface area contributed by atoms with Gasteiger partial charge in [0.05, 0.1) is 10.4 Å². The number of amides is 1. The van der Waals surface area contributed by atoms with Gasteiger partial charge in [0.25, 0.3) is 0 Å². The molecule has 1 aromatic heterocycles. The van der Waals surface area contributed by atoms with Crippen molar-refractivity contribution in [3.63, 3.8) is 0 Å². The van der Waals surface area contributed by atoms with Crippen LogP contribution in [0.3, 0.4) is 0 Å². The summed E-state index contributed by atoms with van der Waals surface area (Å²) in [5.74, 6) is -0.667. The molecule has 2 aliphatic rings. The van der Waals surface area contributed by atoms with E-state index in [4.69, 9.17) is 19.9 Å². The van der Waals surface area contributed by atoms with E-state index in [0.29, 0.717) is 24.5 Å². The lowest BCUT2D eigenvalue weighted by atomic mass is 9.84. The van der Waals surface area contributed by atoms with Crippen molar-refractivity contribution >= 4 is 36.8 Å². The molecule has 39 heavy (non-hydrogen) atoms. The summed E-state index contributed by atoms with van der Waals surface area (Å²) in [6.07, 6.45) is -0.517. The summed E-state index contributed by atoms with van der Waals surface area (Å²) in [5.41, 5.74) is 4.49. The van der Waals surface area contributed by atoms with Crippen molar-refractivity contribution in [2.45, 2.75) is 76.3 Å². The van der Waals surface area contributed by atoms with Crippen molar-refractivity contribution in [2.75, 3.05) is 19.0 Å². The topological polar surface area (TPSA) is 114 Å². The predicted octanol–water partition coefficient (Wildman–Crippen LogP) is 6.59. The Morgan fingerprint density at radius 3 is 2.62 bits per heavy atom. The van der Waals surface area contributed by atoms with Gasteiger partial charge >= 0.3 is 6.09 Å². The van der Waals surface area contributed by atoms with Crippen LogP contribution in [-0.2, 0) is 15.0 Å². The summed E-state index contributed by atoms with van der Waals surface area (Å²) in [6, 6.07) is 4.81. The number of oxazole rings is 1. The van der Waals surface area contributed by atoms with Gasteiger partial charge < -0.3 is 20.0 Å². The minimum absolute atomic E-state index is 0.0101. The number of ether oxygens (including phenoxy) is 1. The molecule has 1 unspecified atom stereocenters. The number of carboxylic acid groups (broad SMARTS) is 1. The number of fused-ring (bicyclic) bond motifs is 1. The zero-order chi connectivity index (χ0) is 29.0. The van der Waals surface area contributed by atoms with E-state index in [1.807, 2.05) is 20.8 Å². The smallest absolute Gasteiger partial charge is 0.415 e. The van der Waals surface area contributed by atoms with Crippen molar-refractivity contribution in [3.05, 3.63) is 47.4 Å². The van der Waals surface area contributed by atoms with Crippen LogP contribution in [0.5, 0.6) is 0 Å². The molecule has 4 rings (SSSR count). The van der Waals surface area contributed by atoms with Crippen molar-refractivity contribution < 1.29 is 27.8 Å². The fraction of sp³-hybridized carbons (Fsp3) is 0.593. The molecular formula is C27H38F2N4O4SSi. The number of amidine groups is 1. The van der Waals surface area contributed by atoms with Gasteiger partial charge in [-0.2, -0.15) is 0 Å². The maximum absolute atomic E-state index is 15.4. The number of nitrogens with zero attached hydrogens (tertiary/aromatic N) is 3. The van der Waals surface area contributed by atoms with E-state index in [1.54, 1.807) is 6.92 Å². The number of aliphatic imine (C=N–C) groups is 1.